The van der Waals surface area contributed by atoms with E-state index in [2.05, 4.69) is 14.7 Å². The van der Waals surface area contributed by atoms with Crippen molar-refractivity contribution in [3.8, 4) is 17.1 Å². The number of aryl methyl sites for hydroxylation is 2. The second-order valence-electron chi connectivity index (χ2n) is 11.1. The maximum atomic E-state index is 13.7. The van der Waals surface area contributed by atoms with Crippen molar-refractivity contribution < 1.29 is 27.6 Å². The third-order valence-corrected chi connectivity index (χ3v) is 8.17. The SMILES string of the molecule is Cc1cccc(C)c1-c1cc(O)nc(N[S+]([O-])c2cccc(C(=O)N3CCCN(CC(F)(F)F)CC3CC(C)C)c2)n1. The molecule has 2 N–H and O–H groups in total. The highest BCUT2D eigenvalue weighted by molar-refractivity contribution is 7.92. The van der Waals surface area contributed by atoms with Crippen molar-refractivity contribution in [2.75, 3.05) is 30.9 Å². The average molecular weight is 604 g/mol. The molecule has 1 aliphatic rings. The van der Waals surface area contributed by atoms with Crippen LogP contribution in [0, 0.1) is 19.8 Å². The summed E-state index contributed by atoms with van der Waals surface area (Å²) in [5.74, 6) is -0.478. The van der Waals surface area contributed by atoms with Gasteiger partial charge in [-0.1, -0.05) is 38.1 Å². The zero-order valence-corrected chi connectivity index (χ0v) is 24.9. The van der Waals surface area contributed by atoms with Crippen LogP contribution >= 0.6 is 0 Å². The minimum Gasteiger partial charge on any atom is -0.588 e. The summed E-state index contributed by atoms with van der Waals surface area (Å²) in [4.78, 5) is 25.4. The van der Waals surface area contributed by atoms with E-state index < -0.39 is 30.1 Å². The molecule has 0 radical (unpaired) electrons. The highest BCUT2D eigenvalue weighted by atomic mass is 32.2. The van der Waals surface area contributed by atoms with Crippen molar-refractivity contribution in [1.29, 1.82) is 0 Å². The Balaban J connectivity index is 1.55. The minimum absolute atomic E-state index is 0.0445. The number of amides is 1. The Bertz CT molecular complexity index is 1380. The van der Waals surface area contributed by atoms with E-state index in [1.807, 2.05) is 45.9 Å². The summed E-state index contributed by atoms with van der Waals surface area (Å²) in [6, 6.07) is 13.1. The van der Waals surface area contributed by atoms with E-state index >= 15 is 0 Å². The molecule has 1 amide bonds. The van der Waals surface area contributed by atoms with Gasteiger partial charge in [0.05, 0.1) is 12.2 Å². The van der Waals surface area contributed by atoms with Crippen molar-refractivity contribution in [2.24, 2.45) is 5.92 Å². The third-order valence-electron chi connectivity index (χ3n) is 7.12. The van der Waals surface area contributed by atoms with Gasteiger partial charge in [0.1, 0.15) is 11.4 Å². The molecule has 12 heteroatoms. The van der Waals surface area contributed by atoms with Crippen LogP contribution in [-0.4, -0.2) is 73.7 Å². The Hall–Kier alpha value is -3.35. The first-order valence-corrected chi connectivity index (χ1v) is 15.0. The van der Waals surface area contributed by atoms with Crippen LogP contribution in [-0.2, 0) is 11.4 Å². The molecule has 42 heavy (non-hydrogen) atoms. The summed E-state index contributed by atoms with van der Waals surface area (Å²) in [5, 5.41) is 10.3. The van der Waals surface area contributed by atoms with Gasteiger partial charge < -0.3 is 14.6 Å². The van der Waals surface area contributed by atoms with Crippen molar-refractivity contribution >= 4 is 23.2 Å². The Morgan fingerprint density at radius 2 is 1.81 bits per heavy atom. The fourth-order valence-electron chi connectivity index (χ4n) is 5.42. The van der Waals surface area contributed by atoms with Gasteiger partial charge in [-0.2, -0.15) is 22.9 Å². The number of rotatable bonds is 8. The van der Waals surface area contributed by atoms with E-state index in [4.69, 9.17) is 0 Å². The van der Waals surface area contributed by atoms with Gasteiger partial charge in [-0.3, -0.25) is 9.69 Å². The number of anilines is 1. The first-order chi connectivity index (χ1) is 19.8. The Labute approximate surface area is 247 Å². The first-order valence-electron chi connectivity index (χ1n) is 13.8. The van der Waals surface area contributed by atoms with Gasteiger partial charge in [-0.25, -0.2) is 4.98 Å². The number of benzene rings is 2. The quantitative estimate of drug-likeness (QED) is 0.317. The van der Waals surface area contributed by atoms with Gasteiger partial charge in [0.2, 0.25) is 5.88 Å². The summed E-state index contributed by atoms with van der Waals surface area (Å²) in [6.45, 7) is 7.52. The average Bonchev–Trinajstić information content (AvgIpc) is 3.08. The van der Waals surface area contributed by atoms with Gasteiger partial charge in [-0.05, 0) is 55.9 Å². The van der Waals surface area contributed by atoms with Gasteiger partial charge >= 0.3 is 6.18 Å². The molecule has 1 aromatic heterocycles. The molecular formula is C30H36F3N5O3S. The predicted molar refractivity (Wildman–Crippen MR) is 156 cm³/mol. The fraction of sp³-hybridized carbons (Fsp3) is 0.433. The van der Waals surface area contributed by atoms with Gasteiger partial charge in [-0.15, -0.1) is 0 Å². The molecule has 0 spiro atoms. The van der Waals surface area contributed by atoms with Crippen molar-refractivity contribution in [1.82, 2.24) is 19.8 Å². The minimum atomic E-state index is -4.31. The summed E-state index contributed by atoms with van der Waals surface area (Å²) in [6.07, 6.45) is -3.34. The van der Waals surface area contributed by atoms with Crippen molar-refractivity contribution in [2.45, 2.75) is 57.7 Å². The van der Waals surface area contributed by atoms with E-state index in [9.17, 15) is 27.6 Å². The van der Waals surface area contributed by atoms with Crippen molar-refractivity contribution in [3.63, 3.8) is 0 Å². The molecule has 2 unspecified atom stereocenters. The standard InChI is InChI=1S/C30H36F3N5O3S/c1-19(2)14-23-17-37(18-30(31,32)33)12-7-13-38(23)28(40)22-10-6-11-24(15-22)42(41)36-29-34-25(16-26(39)35-29)27-20(3)8-5-9-21(27)4/h5-6,8-11,15-16,19,23H,7,12-14,17-18H2,1-4H3,(H2,34,35,36,39). The molecular weight excluding hydrogens is 567 g/mol. The summed E-state index contributed by atoms with van der Waals surface area (Å²) in [7, 11) is 0. The molecule has 4 rings (SSSR count). The molecule has 8 nitrogen and oxygen atoms in total. The molecule has 226 valence electrons. The van der Waals surface area contributed by atoms with Crippen LogP contribution in [0.3, 0.4) is 0 Å². The number of hydrogen-bond acceptors (Lipinski definition) is 7. The molecule has 2 aromatic carbocycles. The van der Waals surface area contributed by atoms with Crippen LogP contribution in [0.1, 0.15) is 48.2 Å². The zero-order valence-electron chi connectivity index (χ0n) is 24.1. The molecule has 0 aliphatic carbocycles. The lowest BCUT2D eigenvalue weighted by Gasteiger charge is -2.33. The molecule has 0 saturated carbocycles. The van der Waals surface area contributed by atoms with E-state index in [1.54, 1.807) is 23.1 Å². The summed E-state index contributed by atoms with van der Waals surface area (Å²) >= 11 is -1.88. The fourth-order valence-corrected chi connectivity index (χ4v) is 6.24. The number of hydrogen-bond donors (Lipinski definition) is 2. The summed E-state index contributed by atoms with van der Waals surface area (Å²) < 4.78 is 55.5. The Morgan fingerprint density at radius 3 is 2.48 bits per heavy atom. The van der Waals surface area contributed by atoms with Crippen LogP contribution in [0.4, 0.5) is 19.1 Å². The number of aromatic nitrogens is 2. The number of nitrogens with zero attached hydrogens (tertiary/aromatic N) is 4. The van der Waals surface area contributed by atoms with Gasteiger partial charge in [0.25, 0.3) is 11.9 Å². The lowest BCUT2D eigenvalue weighted by molar-refractivity contribution is -0.146. The number of halogens is 3. The highest BCUT2D eigenvalue weighted by Gasteiger charge is 2.36. The van der Waals surface area contributed by atoms with E-state index in [0.29, 0.717) is 25.1 Å². The third kappa shape index (κ3) is 8.14. The Morgan fingerprint density at radius 1 is 1.12 bits per heavy atom. The number of nitrogens with one attached hydrogen (secondary N) is 1. The van der Waals surface area contributed by atoms with Crippen LogP contribution in [0.25, 0.3) is 11.3 Å². The molecule has 2 atom stereocenters. The molecule has 2 heterocycles. The summed E-state index contributed by atoms with van der Waals surface area (Å²) in [5.41, 5.74) is 3.50. The highest BCUT2D eigenvalue weighted by Crippen LogP contribution is 2.29. The number of alkyl halides is 3. The molecule has 1 aliphatic heterocycles. The van der Waals surface area contributed by atoms with Crippen LogP contribution in [0.15, 0.2) is 53.4 Å². The van der Waals surface area contributed by atoms with E-state index in [-0.39, 0.29) is 47.2 Å². The predicted octanol–water partition coefficient (Wildman–Crippen LogP) is 5.73. The topological polar surface area (TPSA) is 105 Å². The maximum Gasteiger partial charge on any atom is 0.401 e. The second kappa shape index (κ2) is 13.3. The number of carbonyl (C=O) groups is 1. The normalized spacial score (nSPS) is 17.3. The van der Waals surface area contributed by atoms with Gasteiger partial charge in [0, 0.05) is 48.9 Å². The zero-order chi connectivity index (χ0) is 30.6. The van der Waals surface area contributed by atoms with Crippen molar-refractivity contribution in [3.05, 3.63) is 65.2 Å². The Kier molecular flexibility index (Phi) is 10.0. The molecule has 1 fully saturated rings. The van der Waals surface area contributed by atoms with Gasteiger partial charge in [0.15, 0.2) is 4.90 Å². The second-order valence-corrected chi connectivity index (χ2v) is 12.3. The van der Waals surface area contributed by atoms with Crippen LogP contribution in [0.2, 0.25) is 0 Å². The maximum absolute atomic E-state index is 13.7. The lowest BCUT2D eigenvalue weighted by atomic mass is 10.00. The molecule has 0 bridgehead atoms. The monoisotopic (exact) mass is 603 g/mol. The van der Waals surface area contributed by atoms with Crippen LogP contribution < -0.4 is 4.72 Å². The lowest BCUT2D eigenvalue weighted by Crippen LogP contribution is -2.46. The van der Waals surface area contributed by atoms with Crippen LogP contribution in [0.5, 0.6) is 5.88 Å². The number of aromatic hydroxyl groups is 1. The van der Waals surface area contributed by atoms with E-state index in [0.717, 1.165) is 16.7 Å². The molecule has 1 saturated heterocycles. The van der Waals surface area contributed by atoms with E-state index in [1.165, 1.54) is 17.0 Å². The molecule has 3 aromatic rings. The largest absolute Gasteiger partial charge is 0.588 e. The first kappa shape index (κ1) is 31.6. The smallest absolute Gasteiger partial charge is 0.401 e. The number of carbonyl (C=O) groups excluding carboxylic acids is 1.